The zero-order valence-electron chi connectivity index (χ0n) is 18.1. The van der Waals surface area contributed by atoms with Crippen LogP contribution in [0.5, 0.6) is 0 Å². The molecule has 2 aromatic carbocycles. The largest absolute Gasteiger partial charge is 0.349 e. The minimum atomic E-state index is -0.327. The number of rotatable bonds is 8. The van der Waals surface area contributed by atoms with Crippen molar-refractivity contribution in [3.8, 4) is 0 Å². The van der Waals surface area contributed by atoms with Crippen LogP contribution in [0.2, 0.25) is 0 Å². The molecule has 2 N–H and O–H groups in total. The molecule has 2 atom stereocenters. The van der Waals surface area contributed by atoms with Gasteiger partial charge in [0.1, 0.15) is 0 Å². The Kier molecular flexibility index (Phi) is 7.46. The maximum absolute atomic E-state index is 12.5. The lowest BCUT2D eigenvalue weighted by molar-refractivity contribution is -0.119. The molecule has 1 aromatic heterocycles. The van der Waals surface area contributed by atoms with E-state index in [9.17, 15) is 9.59 Å². The first-order chi connectivity index (χ1) is 14.8. The van der Waals surface area contributed by atoms with E-state index in [2.05, 4.69) is 20.8 Å². The van der Waals surface area contributed by atoms with Crippen molar-refractivity contribution in [1.82, 2.24) is 25.4 Å². The van der Waals surface area contributed by atoms with E-state index in [1.807, 2.05) is 76.3 Å². The van der Waals surface area contributed by atoms with E-state index in [-0.39, 0.29) is 29.7 Å². The number of aryl methyl sites for hydroxylation is 1. The van der Waals surface area contributed by atoms with Crippen molar-refractivity contribution in [2.24, 2.45) is 7.05 Å². The lowest BCUT2D eigenvalue weighted by Gasteiger charge is -2.15. The van der Waals surface area contributed by atoms with E-state index in [1.54, 1.807) is 10.6 Å². The van der Waals surface area contributed by atoms with Gasteiger partial charge < -0.3 is 15.2 Å². The highest BCUT2D eigenvalue weighted by Crippen LogP contribution is 2.20. The van der Waals surface area contributed by atoms with Gasteiger partial charge in [0.2, 0.25) is 5.91 Å². The molecule has 0 radical (unpaired) electrons. The lowest BCUT2D eigenvalue weighted by Crippen LogP contribution is -2.29. The number of nitrogens with zero attached hydrogens (tertiary/aromatic N) is 3. The summed E-state index contributed by atoms with van der Waals surface area (Å²) in [7, 11) is 1.83. The molecular weight excluding hydrogens is 410 g/mol. The van der Waals surface area contributed by atoms with Gasteiger partial charge in [-0.1, -0.05) is 59.8 Å². The fourth-order valence-electron chi connectivity index (χ4n) is 3.20. The fourth-order valence-corrected chi connectivity index (χ4v) is 3.93. The summed E-state index contributed by atoms with van der Waals surface area (Å²) in [6.07, 6.45) is 0. The number of thioether (sulfide) groups is 1. The molecule has 3 aromatic rings. The molecule has 0 aliphatic rings. The number of amides is 2. The van der Waals surface area contributed by atoms with Gasteiger partial charge in [0, 0.05) is 12.6 Å². The van der Waals surface area contributed by atoms with E-state index in [0.717, 1.165) is 11.1 Å². The molecule has 8 heteroatoms. The fraction of sp³-hybridized carbons (Fsp3) is 0.304. The van der Waals surface area contributed by atoms with Crippen LogP contribution in [0, 0.1) is 6.92 Å². The Hall–Kier alpha value is -3.13. The molecule has 31 heavy (non-hydrogen) atoms. The predicted molar refractivity (Wildman–Crippen MR) is 122 cm³/mol. The molecule has 0 saturated carbocycles. The van der Waals surface area contributed by atoms with E-state index >= 15 is 0 Å². The highest BCUT2D eigenvalue weighted by Gasteiger charge is 2.19. The molecule has 7 nitrogen and oxygen atoms in total. The molecule has 1 heterocycles. The lowest BCUT2D eigenvalue weighted by atomic mass is 10.1. The third-order valence-electron chi connectivity index (χ3n) is 4.89. The number of nitrogens with one attached hydrogen (secondary N) is 2. The van der Waals surface area contributed by atoms with Gasteiger partial charge >= 0.3 is 0 Å². The average molecular weight is 438 g/mol. The normalized spacial score (nSPS) is 12.8. The van der Waals surface area contributed by atoms with Crippen LogP contribution in [0.15, 0.2) is 59.8 Å². The zero-order chi connectivity index (χ0) is 22.4. The Morgan fingerprint density at radius 3 is 2.45 bits per heavy atom. The van der Waals surface area contributed by atoms with Gasteiger partial charge in [-0.2, -0.15) is 0 Å². The van der Waals surface area contributed by atoms with Crippen molar-refractivity contribution in [2.45, 2.75) is 38.0 Å². The average Bonchev–Trinajstić information content (AvgIpc) is 3.13. The van der Waals surface area contributed by atoms with Crippen LogP contribution in [0.1, 0.15) is 53.2 Å². The quantitative estimate of drug-likeness (QED) is 0.526. The maximum atomic E-state index is 12.5. The molecule has 0 unspecified atom stereocenters. The summed E-state index contributed by atoms with van der Waals surface area (Å²) < 4.78 is 1.81. The molecule has 0 saturated heterocycles. The molecule has 0 aliphatic heterocycles. The standard InChI is InChI=1S/C23H27N5O2S/c1-15-9-8-12-19(13-15)22(30)25-17(3)21-26-27-23(28(21)4)31-14-20(29)24-16(2)18-10-6-5-7-11-18/h5-13,16-17H,14H2,1-4H3,(H,24,29)(H,25,30)/t16-,17-/m1/s1. The Balaban J connectivity index is 1.55. The van der Waals surface area contributed by atoms with Crippen molar-refractivity contribution >= 4 is 23.6 Å². The van der Waals surface area contributed by atoms with Crippen molar-refractivity contribution < 1.29 is 9.59 Å². The number of carbonyl (C=O) groups is 2. The Morgan fingerprint density at radius 1 is 1.00 bits per heavy atom. The topological polar surface area (TPSA) is 88.9 Å². The van der Waals surface area contributed by atoms with Gasteiger partial charge in [-0.3, -0.25) is 9.59 Å². The van der Waals surface area contributed by atoms with E-state index in [1.165, 1.54) is 11.8 Å². The maximum Gasteiger partial charge on any atom is 0.251 e. The minimum absolute atomic E-state index is 0.0683. The molecule has 0 bridgehead atoms. The van der Waals surface area contributed by atoms with Crippen LogP contribution < -0.4 is 10.6 Å². The second kappa shape index (κ2) is 10.3. The van der Waals surface area contributed by atoms with Gasteiger partial charge in [0.25, 0.3) is 5.91 Å². The van der Waals surface area contributed by atoms with Gasteiger partial charge in [0.05, 0.1) is 17.8 Å². The van der Waals surface area contributed by atoms with E-state index in [0.29, 0.717) is 16.5 Å². The summed E-state index contributed by atoms with van der Waals surface area (Å²) >= 11 is 1.31. The molecule has 162 valence electrons. The molecule has 0 aliphatic carbocycles. The first-order valence-corrected chi connectivity index (χ1v) is 11.1. The monoisotopic (exact) mass is 437 g/mol. The van der Waals surface area contributed by atoms with E-state index in [4.69, 9.17) is 0 Å². The summed E-state index contributed by atoms with van der Waals surface area (Å²) in [6, 6.07) is 16.9. The first kappa shape index (κ1) is 22.6. The first-order valence-electron chi connectivity index (χ1n) is 10.1. The highest BCUT2D eigenvalue weighted by atomic mass is 32.2. The van der Waals surface area contributed by atoms with Crippen molar-refractivity contribution in [3.63, 3.8) is 0 Å². The Bertz CT molecular complexity index is 1050. The number of hydrogen-bond acceptors (Lipinski definition) is 5. The summed E-state index contributed by atoms with van der Waals surface area (Å²) in [4.78, 5) is 24.8. The van der Waals surface area contributed by atoms with Crippen LogP contribution in [0.25, 0.3) is 0 Å². The summed E-state index contributed by atoms with van der Waals surface area (Å²) in [5, 5.41) is 15.0. The number of carbonyl (C=O) groups excluding carboxylic acids is 2. The van der Waals surface area contributed by atoms with Gasteiger partial charge in [0.15, 0.2) is 11.0 Å². The highest BCUT2D eigenvalue weighted by molar-refractivity contribution is 7.99. The van der Waals surface area contributed by atoms with Crippen LogP contribution in [0.3, 0.4) is 0 Å². The summed E-state index contributed by atoms with van der Waals surface area (Å²) in [6.45, 7) is 5.76. The summed E-state index contributed by atoms with van der Waals surface area (Å²) in [5.41, 5.74) is 2.69. The molecule has 3 rings (SSSR count). The van der Waals surface area contributed by atoms with Gasteiger partial charge in [-0.15, -0.1) is 10.2 Å². The van der Waals surface area contributed by atoms with Crippen LogP contribution in [-0.4, -0.2) is 32.3 Å². The van der Waals surface area contributed by atoms with Crippen LogP contribution in [0.4, 0.5) is 0 Å². The predicted octanol–water partition coefficient (Wildman–Crippen LogP) is 3.58. The molecule has 2 amide bonds. The molecular formula is C23H27N5O2S. The Morgan fingerprint density at radius 2 is 1.74 bits per heavy atom. The third kappa shape index (κ3) is 5.95. The second-order valence-electron chi connectivity index (χ2n) is 7.45. The zero-order valence-corrected chi connectivity index (χ0v) is 18.9. The number of aromatic nitrogens is 3. The van der Waals surface area contributed by atoms with Gasteiger partial charge in [-0.05, 0) is 38.5 Å². The third-order valence-corrected chi connectivity index (χ3v) is 5.91. The van der Waals surface area contributed by atoms with E-state index < -0.39 is 0 Å². The second-order valence-corrected chi connectivity index (χ2v) is 8.40. The summed E-state index contributed by atoms with van der Waals surface area (Å²) in [5.74, 6) is 0.614. The smallest absolute Gasteiger partial charge is 0.251 e. The van der Waals surface area contributed by atoms with Crippen molar-refractivity contribution in [2.75, 3.05) is 5.75 Å². The van der Waals surface area contributed by atoms with Crippen molar-refractivity contribution in [3.05, 3.63) is 77.1 Å². The van der Waals surface area contributed by atoms with Crippen LogP contribution in [-0.2, 0) is 11.8 Å². The van der Waals surface area contributed by atoms with Crippen LogP contribution >= 0.6 is 11.8 Å². The molecule has 0 fully saturated rings. The van der Waals surface area contributed by atoms with Crippen molar-refractivity contribution in [1.29, 1.82) is 0 Å². The minimum Gasteiger partial charge on any atom is -0.349 e. The number of benzene rings is 2. The molecule has 0 spiro atoms. The van der Waals surface area contributed by atoms with Gasteiger partial charge in [-0.25, -0.2) is 0 Å². The Labute approximate surface area is 186 Å². The SMILES string of the molecule is Cc1cccc(C(=O)N[C@H](C)c2nnc(SCC(=O)N[C@H](C)c3ccccc3)n2C)c1. The number of hydrogen-bond donors (Lipinski definition) is 2.